The third-order valence-electron chi connectivity index (χ3n) is 3.36. The molecule has 0 heterocycles. The highest BCUT2D eigenvalue weighted by Gasteiger charge is 2.09. The fraction of sp³-hybridized carbons (Fsp3) is 0.167. The monoisotopic (exact) mass is 310 g/mol. The van der Waals surface area contributed by atoms with E-state index >= 15 is 0 Å². The minimum Gasteiger partial charge on any atom is -0.465 e. The largest absolute Gasteiger partial charge is 0.465 e. The Balaban J connectivity index is 2.06. The van der Waals surface area contributed by atoms with Crippen molar-refractivity contribution in [3.8, 4) is 0 Å². The van der Waals surface area contributed by atoms with E-state index in [-0.39, 0.29) is 5.91 Å². The van der Waals surface area contributed by atoms with Gasteiger partial charge in [-0.1, -0.05) is 37.3 Å². The molecule has 0 fully saturated rings. The lowest BCUT2D eigenvalue weighted by molar-refractivity contribution is 0.0600. The van der Waals surface area contributed by atoms with Crippen molar-refractivity contribution in [1.82, 2.24) is 5.43 Å². The van der Waals surface area contributed by atoms with E-state index in [1.54, 1.807) is 36.4 Å². The van der Waals surface area contributed by atoms with Crippen LogP contribution in [0.25, 0.3) is 0 Å². The molecular formula is C18H18N2O3. The molecule has 2 rings (SSSR count). The number of ether oxygens (including phenoxy) is 1. The Hall–Kier alpha value is -2.95. The molecule has 0 spiro atoms. The van der Waals surface area contributed by atoms with Crippen molar-refractivity contribution in [2.24, 2.45) is 5.10 Å². The number of carbonyl (C=O) groups is 2. The number of nitrogens with zero attached hydrogens (tertiary/aromatic N) is 1. The second kappa shape index (κ2) is 7.89. The van der Waals surface area contributed by atoms with Gasteiger partial charge in [0.05, 0.1) is 18.9 Å². The quantitative estimate of drug-likeness (QED) is 0.524. The molecule has 1 amide bonds. The van der Waals surface area contributed by atoms with E-state index in [9.17, 15) is 9.59 Å². The molecule has 2 aromatic rings. The molecule has 0 saturated carbocycles. The van der Waals surface area contributed by atoms with E-state index in [1.165, 1.54) is 13.3 Å². The van der Waals surface area contributed by atoms with Crippen LogP contribution < -0.4 is 5.43 Å². The van der Waals surface area contributed by atoms with E-state index in [0.717, 1.165) is 12.0 Å². The third kappa shape index (κ3) is 4.26. The molecule has 5 nitrogen and oxygen atoms in total. The summed E-state index contributed by atoms with van der Waals surface area (Å²) in [6.07, 6.45) is 2.34. The van der Waals surface area contributed by atoms with Gasteiger partial charge in [-0.05, 0) is 30.2 Å². The first-order chi connectivity index (χ1) is 11.2. The summed E-state index contributed by atoms with van der Waals surface area (Å²) in [7, 11) is 1.32. The smallest absolute Gasteiger partial charge is 0.338 e. The summed E-state index contributed by atoms with van der Waals surface area (Å²) in [4.78, 5) is 23.6. The Labute approximate surface area is 135 Å². The third-order valence-corrected chi connectivity index (χ3v) is 3.36. The van der Waals surface area contributed by atoms with E-state index in [4.69, 9.17) is 4.74 Å². The van der Waals surface area contributed by atoms with Gasteiger partial charge in [0.25, 0.3) is 5.91 Å². The van der Waals surface area contributed by atoms with Crippen LogP contribution in [0.3, 0.4) is 0 Å². The highest BCUT2D eigenvalue weighted by molar-refractivity contribution is 6.00. The first-order valence-corrected chi connectivity index (χ1v) is 7.25. The van der Waals surface area contributed by atoms with Crippen molar-refractivity contribution in [3.63, 3.8) is 0 Å². The molecule has 5 heteroatoms. The number of nitrogens with one attached hydrogen (secondary N) is 1. The molecule has 0 aliphatic rings. The minimum atomic E-state index is -0.450. The molecule has 0 aromatic heterocycles. The number of hydrogen-bond acceptors (Lipinski definition) is 4. The van der Waals surface area contributed by atoms with Crippen LogP contribution in [0, 0.1) is 0 Å². The van der Waals surface area contributed by atoms with E-state index in [2.05, 4.69) is 17.5 Å². The van der Waals surface area contributed by atoms with Crippen LogP contribution >= 0.6 is 0 Å². The Bertz CT molecular complexity index is 721. The lowest BCUT2D eigenvalue weighted by Crippen LogP contribution is -2.17. The van der Waals surface area contributed by atoms with Gasteiger partial charge in [0, 0.05) is 11.1 Å². The summed E-state index contributed by atoms with van der Waals surface area (Å²) < 4.78 is 4.71. The second-order valence-corrected chi connectivity index (χ2v) is 4.83. The number of hydrogen-bond donors (Lipinski definition) is 1. The number of amides is 1. The Morgan fingerprint density at radius 2 is 1.83 bits per heavy atom. The number of rotatable bonds is 5. The van der Waals surface area contributed by atoms with Gasteiger partial charge >= 0.3 is 5.97 Å². The van der Waals surface area contributed by atoms with Crippen LogP contribution in [0.1, 0.15) is 38.8 Å². The molecule has 0 unspecified atom stereocenters. The molecule has 0 atom stereocenters. The van der Waals surface area contributed by atoms with Crippen molar-refractivity contribution in [1.29, 1.82) is 0 Å². The van der Waals surface area contributed by atoms with Crippen LogP contribution in [-0.4, -0.2) is 25.2 Å². The van der Waals surface area contributed by atoms with Gasteiger partial charge in [0.1, 0.15) is 0 Å². The normalized spacial score (nSPS) is 10.5. The predicted octanol–water partition coefficient (Wildman–Crippen LogP) is 2.80. The molecule has 0 aliphatic carbocycles. The second-order valence-electron chi connectivity index (χ2n) is 4.83. The average molecular weight is 310 g/mol. The molecular weight excluding hydrogens is 292 g/mol. The highest BCUT2D eigenvalue weighted by Crippen LogP contribution is 2.08. The van der Waals surface area contributed by atoms with E-state index < -0.39 is 5.97 Å². The zero-order valence-electron chi connectivity index (χ0n) is 13.1. The molecule has 1 N–H and O–H groups in total. The number of benzene rings is 2. The number of hydrazone groups is 1. The molecule has 0 bridgehead atoms. The van der Waals surface area contributed by atoms with Crippen LogP contribution in [0.2, 0.25) is 0 Å². The van der Waals surface area contributed by atoms with Crippen molar-refractivity contribution < 1.29 is 14.3 Å². The molecule has 118 valence electrons. The topological polar surface area (TPSA) is 67.8 Å². The predicted molar refractivity (Wildman–Crippen MR) is 88.7 cm³/mol. The van der Waals surface area contributed by atoms with Gasteiger partial charge in [0.15, 0.2) is 0 Å². The molecule has 23 heavy (non-hydrogen) atoms. The van der Waals surface area contributed by atoms with Crippen molar-refractivity contribution in [2.75, 3.05) is 7.11 Å². The maximum Gasteiger partial charge on any atom is 0.338 e. The van der Waals surface area contributed by atoms with Crippen molar-refractivity contribution in [3.05, 3.63) is 70.8 Å². The standard InChI is InChI=1S/C18H18N2O3/c1-3-13-8-10-14(11-9-13)17(21)20-19-12-15-6-4-5-7-16(15)18(22)23-2/h4-12H,3H2,1-2H3,(H,20,21)/b19-12-. The zero-order valence-corrected chi connectivity index (χ0v) is 13.1. The zero-order chi connectivity index (χ0) is 16.7. The molecule has 2 aromatic carbocycles. The van der Waals surface area contributed by atoms with Crippen LogP contribution in [-0.2, 0) is 11.2 Å². The summed E-state index contributed by atoms with van der Waals surface area (Å²) >= 11 is 0. The lowest BCUT2D eigenvalue weighted by atomic mass is 10.1. The number of carbonyl (C=O) groups excluding carboxylic acids is 2. The fourth-order valence-corrected chi connectivity index (χ4v) is 2.02. The Morgan fingerprint density at radius 1 is 1.13 bits per heavy atom. The van der Waals surface area contributed by atoms with Gasteiger partial charge < -0.3 is 4.74 Å². The molecule has 0 radical (unpaired) electrons. The fourth-order valence-electron chi connectivity index (χ4n) is 2.02. The molecule has 0 aliphatic heterocycles. The number of methoxy groups -OCH3 is 1. The van der Waals surface area contributed by atoms with Crippen molar-refractivity contribution >= 4 is 18.1 Å². The number of esters is 1. The molecule has 0 saturated heterocycles. The summed E-state index contributed by atoms with van der Waals surface area (Å²) in [5.74, 6) is -0.756. The van der Waals surface area contributed by atoms with Gasteiger partial charge in [-0.25, -0.2) is 10.2 Å². The Morgan fingerprint density at radius 3 is 2.48 bits per heavy atom. The first kappa shape index (κ1) is 16.4. The van der Waals surface area contributed by atoms with Crippen LogP contribution in [0.5, 0.6) is 0 Å². The summed E-state index contributed by atoms with van der Waals surface area (Å²) in [6, 6.07) is 14.2. The van der Waals surface area contributed by atoms with Crippen molar-refractivity contribution in [2.45, 2.75) is 13.3 Å². The van der Waals surface area contributed by atoms with E-state index in [0.29, 0.717) is 16.7 Å². The number of aryl methyl sites for hydroxylation is 1. The summed E-state index contributed by atoms with van der Waals surface area (Å²) in [6.45, 7) is 2.05. The van der Waals surface area contributed by atoms with Crippen LogP contribution in [0.15, 0.2) is 53.6 Å². The minimum absolute atomic E-state index is 0.306. The summed E-state index contributed by atoms with van der Waals surface area (Å²) in [5, 5.41) is 3.91. The van der Waals surface area contributed by atoms with Gasteiger partial charge in [0.2, 0.25) is 0 Å². The lowest BCUT2D eigenvalue weighted by Gasteiger charge is -2.04. The van der Waals surface area contributed by atoms with Gasteiger partial charge in [-0.15, -0.1) is 0 Å². The SMILES string of the molecule is CCc1ccc(C(=O)N/N=C\c2ccccc2C(=O)OC)cc1. The first-order valence-electron chi connectivity index (χ1n) is 7.25. The van der Waals surface area contributed by atoms with Gasteiger partial charge in [-0.3, -0.25) is 4.79 Å². The Kier molecular flexibility index (Phi) is 5.63. The maximum absolute atomic E-state index is 12.0. The highest BCUT2D eigenvalue weighted by atomic mass is 16.5. The van der Waals surface area contributed by atoms with E-state index in [1.807, 2.05) is 12.1 Å². The average Bonchev–Trinajstić information content (AvgIpc) is 2.61. The summed E-state index contributed by atoms with van der Waals surface area (Å²) in [5.41, 5.74) is 5.10. The van der Waals surface area contributed by atoms with Gasteiger partial charge in [-0.2, -0.15) is 5.10 Å². The maximum atomic E-state index is 12.0. The van der Waals surface area contributed by atoms with Crippen LogP contribution in [0.4, 0.5) is 0 Å².